The van der Waals surface area contributed by atoms with E-state index in [2.05, 4.69) is 11.9 Å². The van der Waals surface area contributed by atoms with Crippen molar-refractivity contribution < 1.29 is 4.79 Å². The van der Waals surface area contributed by atoms with Gasteiger partial charge in [-0.2, -0.15) is 0 Å². The van der Waals surface area contributed by atoms with Crippen LogP contribution in [-0.2, 0) is 0 Å². The number of benzene rings is 1. The molecule has 0 spiro atoms. The van der Waals surface area contributed by atoms with E-state index in [4.69, 9.17) is 0 Å². The van der Waals surface area contributed by atoms with Crippen molar-refractivity contribution in [3.63, 3.8) is 0 Å². The monoisotopic (exact) mass is 253 g/mol. The highest BCUT2D eigenvalue weighted by atomic mass is 16.1. The molecule has 0 aliphatic heterocycles. The third-order valence-electron chi connectivity index (χ3n) is 4.20. The Labute approximate surface area is 113 Å². The first-order chi connectivity index (χ1) is 9.24. The molecule has 2 nitrogen and oxygen atoms in total. The van der Waals surface area contributed by atoms with Crippen LogP contribution in [0.5, 0.6) is 0 Å². The maximum Gasteiger partial charge on any atom is 0.166 e. The SMILES string of the molecule is CC1CCCC(C(=O)c2ccc3cccnc3c2)C1. The lowest BCUT2D eigenvalue weighted by molar-refractivity contribution is 0.0868. The number of nitrogens with zero attached hydrogens (tertiary/aromatic N) is 1. The van der Waals surface area contributed by atoms with Crippen LogP contribution < -0.4 is 0 Å². The molecule has 0 bridgehead atoms. The second-order valence-electron chi connectivity index (χ2n) is 5.74. The van der Waals surface area contributed by atoms with Crippen molar-refractivity contribution in [3.05, 3.63) is 42.1 Å². The molecule has 0 saturated heterocycles. The highest BCUT2D eigenvalue weighted by molar-refractivity contribution is 6.00. The molecular weight excluding hydrogens is 234 g/mol. The minimum absolute atomic E-state index is 0.213. The van der Waals surface area contributed by atoms with Crippen molar-refractivity contribution in [1.82, 2.24) is 4.98 Å². The summed E-state index contributed by atoms with van der Waals surface area (Å²) >= 11 is 0. The van der Waals surface area contributed by atoms with E-state index in [9.17, 15) is 4.79 Å². The molecule has 2 atom stereocenters. The summed E-state index contributed by atoms with van der Waals surface area (Å²) in [7, 11) is 0. The molecule has 19 heavy (non-hydrogen) atoms. The van der Waals surface area contributed by atoms with Crippen LogP contribution in [-0.4, -0.2) is 10.8 Å². The van der Waals surface area contributed by atoms with Crippen molar-refractivity contribution in [2.45, 2.75) is 32.6 Å². The smallest absolute Gasteiger partial charge is 0.166 e. The Morgan fingerprint density at radius 1 is 1.26 bits per heavy atom. The van der Waals surface area contributed by atoms with E-state index in [0.717, 1.165) is 29.3 Å². The third kappa shape index (κ3) is 2.53. The van der Waals surface area contributed by atoms with Crippen LogP contribution in [0.1, 0.15) is 43.0 Å². The first kappa shape index (κ1) is 12.3. The third-order valence-corrected chi connectivity index (χ3v) is 4.20. The fourth-order valence-corrected chi connectivity index (χ4v) is 3.13. The molecule has 98 valence electrons. The molecule has 1 aromatic heterocycles. The molecule has 2 aromatic rings. The molecule has 1 aliphatic carbocycles. The Morgan fingerprint density at radius 2 is 2.16 bits per heavy atom. The second-order valence-corrected chi connectivity index (χ2v) is 5.74. The van der Waals surface area contributed by atoms with Crippen molar-refractivity contribution in [3.8, 4) is 0 Å². The van der Waals surface area contributed by atoms with Gasteiger partial charge in [0.05, 0.1) is 5.52 Å². The number of hydrogen-bond acceptors (Lipinski definition) is 2. The zero-order chi connectivity index (χ0) is 13.2. The summed E-state index contributed by atoms with van der Waals surface area (Å²) < 4.78 is 0. The highest BCUT2D eigenvalue weighted by Gasteiger charge is 2.25. The summed E-state index contributed by atoms with van der Waals surface area (Å²) in [6, 6.07) is 9.84. The largest absolute Gasteiger partial charge is 0.294 e. The van der Waals surface area contributed by atoms with E-state index < -0.39 is 0 Å². The summed E-state index contributed by atoms with van der Waals surface area (Å²) in [5.41, 5.74) is 1.74. The molecule has 1 aromatic carbocycles. The molecule has 3 rings (SSSR count). The number of aromatic nitrogens is 1. The van der Waals surface area contributed by atoms with Crippen LogP contribution in [0.15, 0.2) is 36.5 Å². The number of carbonyl (C=O) groups excluding carboxylic acids is 1. The number of ketones is 1. The normalized spacial score (nSPS) is 23.4. The lowest BCUT2D eigenvalue weighted by Crippen LogP contribution is -2.21. The molecule has 0 amide bonds. The first-order valence-corrected chi connectivity index (χ1v) is 7.13. The standard InChI is InChI=1S/C17H19NO/c1-12-4-2-5-14(10-12)17(19)15-8-7-13-6-3-9-18-16(13)11-15/h3,6-9,11-12,14H,2,4-5,10H2,1H3. The molecule has 0 N–H and O–H groups in total. The predicted molar refractivity (Wildman–Crippen MR) is 77.2 cm³/mol. The van der Waals surface area contributed by atoms with Gasteiger partial charge in [-0.15, -0.1) is 0 Å². The molecular formula is C17H19NO. The maximum absolute atomic E-state index is 12.6. The van der Waals surface area contributed by atoms with E-state index in [1.807, 2.05) is 30.3 Å². The van der Waals surface area contributed by atoms with Gasteiger partial charge >= 0.3 is 0 Å². The van der Waals surface area contributed by atoms with Gasteiger partial charge in [0.15, 0.2) is 5.78 Å². The summed E-state index contributed by atoms with van der Waals surface area (Å²) in [5, 5.41) is 1.09. The van der Waals surface area contributed by atoms with Crippen LogP contribution in [0, 0.1) is 11.8 Å². The molecule has 1 heterocycles. The van der Waals surface area contributed by atoms with E-state index in [1.165, 1.54) is 12.8 Å². The average molecular weight is 253 g/mol. The van der Waals surface area contributed by atoms with E-state index in [-0.39, 0.29) is 5.92 Å². The van der Waals surface area contributed by atoms with E-state index >= 15 is 0 Å². The van der Waals surface area contributed by atoms with Gasteiger partial charge < -0.3 is 0 Å². The molecule has 1 saturated carbocycles. The number of hydrogen-bond donors (Lipinski definition) is 0. The van der Waals surface area contributed by atoms with Crippen LogP contribution in [0.4, 0.5) is 0 Å². The van der Waals surface area contributed by atoms with Gasteiger partial charge in [0.25, 0.3) is 0 Å². The lowest BCUT2D eigenvalue weighted by atomic mass is 9.79. The number of Topliss-reactive ketones (excluding diaryl/α,β-unsaturated/α-hetero) is 1. The van der Waals surface area contributed by atoms with Crippen LogP contribution in [0.3, 0.4) is 0 Å². The Balaban J connectivity index is 1.88. The Bertz CT molecular complexity index is 605. The van der Waals surface area contributed by atoms with Crippen molar-refractivity contribution in [2.75, 3.05) is 0 Å². The molecule has 0 radical (unpaired) electrons. The van der Waals surface area contributed by atoms with Crippen molar-refractivity contribution >= 4 is 16.7 Å². The Kier molecular flexibility index (Phi) is 3.33. The number of rotatable bonds is 2. The fourth-order valence-electron chi connectivity index (χ4n) is 3.13. The molecule has 1 fully saturated rings. The summed E-state index contributed by atoms with van der Waals surface area (Å²) in [6.45, 7) is 2.25. The zero-order valence-electron chi connectivity index (χ0n) is 11.3. The first-order valence-electron chi connectivity index (χ1n) is 7.13. The van der Waals surface area contributed by atoms with Gasteiger partial charge in [-0.05, 0) is 30.9 Å². The molecule has 1 aliphatic rings. The minimum Gasteiger partial charge on any atom is -0.294 e. The van der Waals surface area contributed by atoms with Crippen LogP contribution in [0.25, 0.3) is 10.9 Å². The minimum atomic E-state index is 0.213. The van der Waals surface area contributed by atoms with E-state index in [0.29, 0.717) is 11.7 Å². The summed E-state index contributed by atoms with van der Waals surface area (Å²) in [4.78, 5) is 16.9. The Morgan fingerprint density at radius 3 is 3.00 bits per heavy atom. The average Bonchev–Trinajstić information content (AvgIpc) is 2.46. The lowest BCUT2D eigenvalue weighted by Gasteiger charge is -2.25. The Hall–Kier alpha value is -1.70. The summed E-state index contributed by atoms with van der Waals surface area (Å²) in [6.07, 6.45) is 6.31. The number of pyridine rings is 1. The van der Waals surface area contributed by atoms with Gasteiger partial charge in [-0.3, -0.25) is 9.78 Å². The highest BCUT2D eigenvalue weighted by Crippen LogP contribution is 2.31. The van der Waals surface area contributed by atoms with Crippen molar-refractivity contribution in [1.29, 1.82) is 0 Å². The van der Waals surface area contributed by atoms with Gasteiger partial charge in [0.1, 0.15) is 0 Å². The van der Waals surface area contributed by atoms with Gasteiger partial charge in [-0.1, -0.05) is 38.0 Å². The van der Waals surface area contributed by atoms with Crippen molar-refractivity contribution in [2.24, 2.45) is 11.8 Å². The van der Waals surface area contributed by atoms with Crippen LogP contribution in [0.2, 0.25) is 0 Å². The molecule has 2 heteroatoms. The van der Waals surface area contributed by atoms with Crippen LogP contribution >= 0.6 is 0 Å². The van der Waals surface area contributed by atoms with Gasteiger partial charge in [0.2, 0.25) is 0 Å². The number of carbonyl (C=O) groups is 1. The predicted octanol–water partition coefficient (Wildman–Crippen LogP) is 4.24. The number of fused-ring (bicyclic) bond motifs is 1. The topological polar surface area (TPSA) is 30.0 Å². The molecule has 2 unspecified atom stereocenters. The second kappa shape index (κ2) is 5.12. The fraction of sp³-hybridized carbons (Fsp3) is 0.412. The van der Waals surface area contributed by atoms with Gasteiger partial charge in [0, 0.05) is 23.1 Å². The maximum atomic E-state index is 12.6. The van der Waals surface area contributed by atoms with E-state index in [1.54, 1.807) is 6.20 Å². The summed E-state index contributed by atoms with van der Waals surface area (Å²) in [5.74, 6) is 1.20. The van der Waals surface area contributed by atoms with Gasteiger partial charge in [-0.25, -0.2) is 0 Å². The quantitative estimate of drug-likeness (QED) is 0.749. The zero-order valence-corrected chi connectivity index (χ0v) is 11.3.